The fraction of sp³-hybridized carbons (Fsp3) is 0.259. The van der Waals surface area contributed by atoms with Crippen LogP contribution in [0.15, 0.2) is 61.3 Å². The summed E-state index contributed by atoms with van der Waals surface area (Å²) < 4.78 is 1.62. The lowest BCUT2D eigenvalue weighted by Gasteiger charge is -2.38. The maximum Gasteiger partial charge on any atom is 0.128 e. The minimum absolute atomic E-state index is 0.412. The number of aliphatic hydroxyl groups is 1. The summed E-state index contributed by atoms with van der Waals surface area (Å²) in [6.07, 6.45) is 11.4. The highest BCUT2D eigenvalue weighted by Crippen LogP contribution is 2.31. The van der Waals surface area contributed by atoms with Gasteiger partial charge >= 0.3 is 0 Å². The Morgan fingerprint density at radius 3 is 2.70 bits per heavy atom. The zero-order valence-electron chi connectivity index (χ0n) is 20.5. The fourth-order valence-corrected chi connectivity index (χ4v) is 4.66. The number of rotatable bonds is 7. The predicted octanol–water partition coefficient (Wildman–Crippen LogP) is 2.84. The van der Waals surface area contributed by atoms with E-state index in [1.54, 1.807) is 36.4 Å². The van der Waals surface area contributed by atoms with E-state index in [1.165, 1.54) is 12.4 Å². The van der Waals surface area contributed by atoms with Crippen molar-refractivity contribution in [1.82, 2.24) is 29.9 Å². The van der Waals surface area contributed by atoms with Crippen molar-refractivity contribution in [3.8, 4) is 17.3 Å². The van der Waals surface area contributed by atoms with E-state index in [-0.39, 0.29) is 0 Å². The Hall–Kier alpha value is -4.62. The Kier molecular flexibility index (Phi) is 6.62. The van der Waals surface area contributed by atoms with Gasteiger partial charge in [0.1, 0.15) is 23.0 Å². The number of hydrogen-bond acceptors (Lipinski definition) is 9. The van der Waals surface area contributed by atoms with Crippen molar-refractivity contribution in [2.45, 2.75) is 24.9 Å². The summed E-state index contributed by atoms with van der Waals surface area (Å²) in [5.74, 6) is 0.820. The van der Waals surface area contributed by atoms with Crippen LogP contribution in [-0.2, 0) is 6.42 Å². The highest BCUT2D eigenvalue weighted by Gasteiger charge is 2.33. The topological polar surface area (TPSA) is 139 Å². The molecule has 5 heterocycles. The van der Waals surface area contributed by atoms with Crippen LogP contribution in [0.2, 0.25) is 0 Å². The summed E-state index contributed by atoms with van der Waals surface area (Å²) in [4.78, 5) is 16.0. The van der Waals surface area contributed by atoms with Crippen LogP contribution in [0.3, 0.4) is 0 Å². The Balaban J connectivity index is 1.40. The van der Waals surface area contributed by atoms with Crippen molar-refractivity contribution in [1.29, 1.82) is 10.7 Å². The molecule has 10 heteroatoms. The highest BCUT2D eigenvalue weighted by molar-refractivity contribution is 6.07. The maximum atomic E-state index is 11.1. The second-order valence-electron chi connectivity index (χ2n) is 9.08. The van der Waals surface area contributed by atoms with Gasteiger partial charge in [0.05, 0.1) is 29.4 Å². The largest absolute Gasteiger partial charge is 0.393 e. The minimum atomic E-state index is -0.774. The van der Waals surface area contributed by atoms with Gasteiger partial charge in [-0.15, -0.1) is 0 Å². The van der Waals surface area contributed by atoms with E-state index in [1.807, 2.05) is 30.3 Å². The first-order chi connectivity index (χ1) is 18.0. The van der Waals surface area contributed by atoms with E-state index in [4.69, 9.17) is 15.4 Å². The second kappa shape index (κ2) is 10.2. The van der Waals surface area contributed by atoms with Crippen LogP contribution >= 0.6 is 0 Å². The molecule has 10 nitrogen and oxygen atoms in total. The van der Waals surface area contributed by atoms with E-state index in [0.29, 0.717) is 60.4 Å². The molecule has 0 aliphatic carbocycles. The van der Waals surface area contributed by atoms with Crippen LogP contribution in [0, 0.1) is 16.7 Å². The third-order valence-corrected chi connectivity index (χ3v) is 6.64. The van der Waals surface area contributed by atoms with E-state index >= 15 is 0 Å². The van der Waals surface area contributed by atoms with Gasteiger partial charge in [-0.2, -0.15) is 10.4 Å². The van der Waals surface area contributed by atoms with Crippen molar-refractivity contribution >= 4 is 23.1 Å². The Morgan fingerprint density at radius 1 is 1.22 bits per heavy atom. The summed E-state index contributed by atoms with van der Waals surface area (Å²) in [6, 6.07) is 11.8. The van der Waals surface area contributed by atoms with Gasteiger partial charge in [-0.3, -0.25) is 4.98 Å². The molecule has 1 fully saturated rings. The lowest BCUT2D eigenvalue weighted by atomic mass is 9.87. The molecular weight excluding hydrogens is 466 g/mol. The van der Waals surface area contributed by atoms with Gasteiger partial charge in [-0.25, -0.2) is 14.5 Å². The number of hydrogen-bond donors (Lipinski definition) is 3. The highest BCUT2D eigenvalue weighted by atomic mass is 16.3. The fourth-order valence-electron chi connectivity index (χ4n) is 4.66. The zero-order valence-corrected chi connectivity index (χ0v) is 20.5. The van der Waals surface area contributed by atoms with Crippen LogP contribution in [0.5, 0.6) is 0 Å². The first kappa shape index (κ1) is 24.1. The van der Waals surface area contributed by atoms with E-state index < -0.39 is 5.60 Å². The standard InChI is InChI=1S/C27H27N9O/c1-30-15-20(13-28)23-18-36-26(21(14-29)17-33-36)25(34-23)19-5-6-24(32-16-19)35-10-7-27(37,8-11-35)12-22-4-2-3-9-31-22/h2-6,9,13,15-18,28,30,37H,7-8,10-12H2,1H3/b20-15+,28-13?. The molecule has 0 atom stereocenters. The van der Waals surface area contributed by atoms with Crippen molar-refractivity contribution in [3.63, 3.8) is 0 Å². The van der Waals surface area contributed by atoms with Gasteiger partial charge in [-0.05, 0) is 37.1 Å². The molecule has 0 bridgehead atoms. The van der Waals surface area contributed by atoms with Crippen molar-refractivity contribution in [2.75, 3.05) is 25.0 Å². The number of nitrogens with zero attached hydrogens (tertiary/aromatic N) is 7. The smallest absolute Gasteiger partial charge is 0.128 e. The van der Waals surface area contributed by atoms with Gasteiger partial charge < -0.3 is 20.7 Å². The van der Waals surface area contributed by atoms with Gasteiger partial charge in [0.2, 0.25) is 0 Å². The third-order valence-electron chi connectivity index (χ3n) is 6.64. The number of piperidine rings is 1. The molecule has 1 aliphatic heterocycles. The molecule has 186 valence electrons. The number of aromatic nitrogens is 5. The maximum absolute atomic E-state index is 11.1. The number of fused-ring (bicyclic) bond motifs is 1. The molecule has 0 unspecified atom stereocenters. The predicted molar refractivity (Wildman–Crippen MR) is 141 cm³/mol. The van der Waals surface area contributed by atoms with Crippen LogP contribution in [0.1, 0.15) is 29.8 Å². The van der Waals surface area contributed by atoms with Crippen LogP contribution in [-0.4, -0.2) is 61.6 Å². The van der Waals surface area contributed by atoms with Crippen LogP contribution < -0.4 is 10.2 Å². The molecule has 5 rings (SSSR count). The molecule has 0 radical (unpaired) electrons. The lowest BCUT2D eigenvalue weighted by Crippen LogP contribution is -2.46. The quantitative estimate of drug-likeness (QED) is 0.334. The van der Waals surface area contributed by atoms with Crippen LogP contribution in [0.4, 0.5) is 5.82 Å². The average Bonchev–Trinajstić information content (AvgIpc) is 3.35. The van der Waals surface area contributed by atoms with Gasteiger partial charge in [0, 0.05) is 68.2 Å². The minimum Gasteiger partial charge on any atom is -0.393 e. The van der Waals surface area contributed by atoms with Gasteiger partial charge in [0.25, 0.3) is 0 Å². The molecule has 4 aromatic rings. The molecule has 3 N–H and O–H groups in total. The van der Waals surface area contributed by atoms with E-state index in [9.17, 15) is 10.4 Å². The van der Waals surface area contributed by atoms with E-state index in [0.717, 1.165) is 17.1 Å². The number of nitriles is 1. The van der Waals surface area contributed by atoms with E-state index in [2.05, 4.69) is 26.4 Å². The molecule has 1 aliphatic rings. The molecule has 4 aromatic heterocycles. The Bertz CT molecular complexity index is 1480. The molecule has 1 saturated heterocycles. The number of anilines is 1. The Morgan fingerprint density at radius 2 is 2.05 bits per heavy atom. The Labute approximate surface area is 214 Å². The summed E-state index contributed by atoms with van der Waals surface area (Å²) in [6.45, 7) is 1.37. The molecule has 0 spiro atoms. The molecule has 0 amide bonds. The summed E-state index contributed by atoms with van der Waals surface area (Å²) in [7, 11) is 1.76. The van der Waals surface area contributed by atoms with Crippen molar-refractivity contribution in [2.24, 2.45) is 0 Å². The van der Waals surface area contributed by atoms with Gasteiger partial charge in [-0.1, -0.05) is 6.07 Å². The lowest BCUT2D eigenvalue weighted by molar-refractivity contribution is 0.0156. The third kappa shape index (κ3) is 4.90. The zero-order chi connectivity index (χ0) is 25.8. The van der Waals surface area contributed by atoms with Crippen molar-refractivity contribution < 1.29 is 5.11 Å². The monoisotopic (exact) mass is 493 g/mol. The second-order valence-corrected chi connectivity index (χ2v) is 9.08. The first-order valence-corrected chi connectivity index (χ1v) is 12.0. The molecule has 37 heavy (non-hydrogen) atoms. The molecule has 0 aromatic carbocycles. The molecule has 0 saturated carbocycles. The number of allylic oxidation sites excluding steroid dienone is 1. The number of pyridine rings is 2. The van der Waals surface area contributed by atoms with Gasteiger partial charge in [0.15, 0.2) is 0 Å². The normalized spacial score (nSPS) is 15.4. The summed E-state index contributed by atoms with van der Waals surface area (Å²) in [5, 5.41) is 35.7. The number of nitrogens with one attached hydrogen (secondary N) is 2. The molecular formula is C27H27N9O. The van der Waals surface area contributed by atoms with Crippen LogP contribution in [0.25, 0.3) is 22.3 Å². The first-order valence-electron chi connectivity index (χ1n) is 12.0. The SMILES string of the molecule is CN/C=C(\C=N)c1cn2ncc(C#N)c2c(-c2ccc(N3CCC(O)(Cc4ccccn4)CC3)nc2)n1. The summed E-state index contributed by atoms with van der Waals surface area (Å²) >= 11 is 0. The summed E-state index contributed by atoms with van der Waals surface area (Å²) in [5.41, 5.74) is 3.56. The van der Waals surface area contributed by atoms with Crippen molar-refractivity contribution in [3.05, 3.63) is 78.3 Å². The average molecular weight is 494 g/mol.